The molecule has 2 N–H and O–H groups in total. The molecule has 2 rings (SSSR count). The SMILES string of the molecule is O=C(Nc1cnoc1)c1ccncc1C#CCCO. The Labute approximate surface area is 109 Å². The van der Waals surface area contributed by atoms with Crippen LogP contribution < -0.4 is 5.32 Å². The lowest BCUT2D eigenvalue weighted by molar-refractivity contribution is 0.102. The molecule has 0 aliphatic rings. The molecule has 1 amide bonds. The highest BCUT2D eigenvalue weighted by molar-refractivity contribution is 6.05. The molecule has 0 atom stereocenters. The summed E-state index contributed by atoms with van der Waals surface area (Å²) in [4.78, 5) is 16.0. The zero-order valence-electron chi connectivity index (χ0n) is 9.96. The van der Waals surface area contributed by atoms with Gasteiger partial charge >= 0.3 is 0 Å². The van der Waals surface area contributed by atoms with Crippen molar-refractivity contribution in [1.29, 1.82) is 0 Å². The number of aliphatic hydroxyl groups excluding tert-OH is 1. The third kappa shape index (κ3) is 3.40. The largest absolute Gasteiger partial charge is 0.395 e. The van der Waals surface area contributed by atoms with Crippen LogP contribution in [-0.2, 0) is 0 Å². The van der Waals surface area contributed by atoms with E-state index in [1.807, 2.05) is 0 Å². The third-order valence-electron chi connectivity index (χ3n) is 2.22. The van der Waals surface area contributed by atoms with Gasteiger partial charge < -0.3 is 14.9 Å². The molecule has 0 aliphatic carbocycles. The highest BCUT2D eigenvalue weighted by Crippen LogP contribution is 2.10. The van der Waals surface area contributed by atoms with Crippen molar-refractivity contribution in [2.75, 3.05) is 11.9 Å². The molecular formula is C13H11N3O3. The molecule has 0 aliphatic heterocycles. The van der Waals surface area contributed by atoms with Crippen molar-refractivity contribution in [1.82, 2.24) is 10.1 Å². The lowest BCUT2D eigenvalue weighted by Gasteiger charge is -2.03. The minimum absolute atomic E-state index is 0.0184. The second-order valence-electron chi connectivity index (χ2n) is 3.56. The van der Waals surface area contributed by atoms with Crippen molar-refractivity contribution in [2.45, 2.75) is 6.42 Å². The van der Waals surface area contributed by atoms with Gasteiger partial charge in [-0.25, -0.2) is 0 Å². The highest BCUT2D eigenvalue weighted by atomic mass is 16.5. The van der Waals surface area contributed by atoms with Crippen LogP contribution in [0.4, 0.5) is 5.69 Å². The molecule has 6 nitrogen and oxygen atoms in total. The molecule has 2 aromatic heterocycles. The second kappa shape index (κ2) is 6.33. The van der Waals surface area contributed by atoms with Gasteiger partial charge in [-0.05, 0) is 6.07 Å². The molecule has 0 saturated carbocycles. The van der Waals surface area contributed by atoms with E-state index in [0.717, 1.165) is 0 Å². The first-order chi connectivity index (χ1) is 9.31. The standard InChI is InChI=1S/C13H11N3O3/c17-6-2-1-3-10-7-14-5-4-12(10)13(18)16-11-8-15-19-9-11/h4-5,7-9,17H,2,6H2,(H,16,18). The summed E-state index contributed by atoms with van der Waals surface area (Å²) in [6.07, 6.45) is 6.10. The number of carbonyl (C=O) groups excluding carboxylic acids is 1. The first kappa shape index (κ1) is 12.8. The van der Waals surface area contributed by atoms with Gasteiger partial charge in [-0.1, -0.05) is 17.0 Å². The molecule has 0 spiro atoms. The number of aromatic nitrogens is 2. The predicted molar refractivity (Wildman–Crippen MR) is 67.3 cm³/mol. The fourth-order valence-electron chi connectivity index (χ4n) is 1.37. The van der Waals surface area contributed by atoms with Crippen LogP contribution in [0.5, 0.6) is 0 Å². The van der Waals surface area contributed by atoms with Crippen LogP contribution in [0.15, 0.2) is 35.4 Å². The number of carbonyl (C=O) groups is 1. The Hall–Kier alpha value is -2.65. The Morgan fingerprint density at radius 1 is 1.47 bits per heavy atom. The molecular weight excluding hydrogens is 246 g/mol. The van der Waals surface area contributed by atoms with Crippen molar-refractivity contribution >= 4 is 11.6 Å². The van der Waals surface area contributed by atoms with Gasteiger partial charge in [0.2, 0.25) is 0 Å². The number of nitrogens with zero attached hydrogens (tertiary/aromatic N) is 2. The number of pyridine rings is 1. The Balaban J connectivity index is 2.20. The van der Waals surface area contributed by atoms with Crippen LogP contribution in [0.2, 0.25) is 0 Å². The first-order valence-corrected chi connectivity index (χ1v) is 5.55. The summed E-state index contributed by atoms with van der Waals surface area (Å²) in [5.74, 6) is 5.24. The molecule has 6 heteroatoms. The Bertz CT molecular complexity index is 612. The lowest BCUT2D eigenvalue weighted by atomic mass is 10.1. The van der Waals surface area contributed by atoms with E-state index in [1.54, 1.807) is 6.07 Å². The number of hydrogen-bond acceptors (Lipinski definition) is 5. The van der Waals surface area contributed by atoms with Gasteiger partial charge in [-0.15, -0.1) is 0 Å². The second-order valence-corrected chi connectivity index (χ2v) is 3.56. The van der Waals surface area contributed by atoms with E-state index in [9.17, 15) is 4.79 Å². The molecule has 96 valence electrons. The summed E-state index contributed by atoms with van der Waals surface area (Å²) in [5, 5.41) is 14.8. The van der Waals surface area contributed by atoms with Crippen LogP contribution in [0.25, 0.3) is 0 Å². The zero-order chi connectivity index (χ0) is 13.5. The molecule has 0 saturated heterocycles. The number of hydrogen-bond donors (Lipinski definition) is 2. The van der Waals surface area contributed by atoms with Crippen LogP contribution in [-0.4, -0.2) is 27.8 Å². The van der Waals surface area contributed by atoms with Gasteiger partial charge in [0.15, 0.2) is 0 Å². The van der Waals surface area contributed by atoms with E-state index < -0.39 is 0 Å². The fourth-order valence-corrected chi connectivity index (χ4v) is 1.37. The van der Waals surface area contributed by atoms with Crippen LogP contribution >= 0.6 is 0 Å². The topological polar surface area (TPSA) is 88.3 Å². The van der Waals surface area contributed by atoms with Gasteiger partial charge in [0.25, 0.3) is 5.91 Å². The quantitative estimate of drug-likeness (QED) is 0.802. The molecule has 2 aromatic rings. The van der Waals surface area contributed by atoms with E-state index in [2.05, 4.69) is 31.8 Å². The number of anilines is 1. The van der Waals surface area contributed by atoms with E-state index in [-0.39, 0.29) is 12.5 Å². The van der Waals surface area contributed by atoms with Gasteiger partial charge in [0.05, 0.1) is 23.9 Å². The average molecular weight is 257 g/mol. The fraction of sp³-hybridized carbons (Fsp3) is 0.154. The summed E-state index contributed by atoms with van der Waals surface area (Å²) in [5.41, 5.74) is 1.38. The van der Waals surface area contributed by atoms with Gasteiger partial charge in [0, 0.05) is 18.8 Å². The maximum absolute atomic E-state index is 12.0. The van der Waals surface area contributed by atoms with E-state index in [0.29, 0.717) is 23.2 Å². The average Bonchev–Trinajstić information content (AvgIpc) is 2.92. The van der Waals surface area contributed by atoms with E-state index >= 15 is 0 Å². The summed E-state index contributed by atoms with van der Waals surface area (Å²) >= 11 is 0. The molecule has 0 fully saturated rings. The molecule has 0 bridgehead atoms. The molecule has 0 radical (unpaired) electrons. The van der Waals surface area contributed by atoms with E-state index in [1.165, 1.54) is 24.9 Å². The Morgan fingerprint density at radius 2 is 2.37 bits per heavy atom. The normalized spacial score (nSPS) is 9.53. The maximum Gasteiger partial charge on any atom is 0.257 e. The monoisotopic (exact) mass is 257 g/mol. The summed E-state index contributed by atoms with van der Waals surface area (Å²) in [7, 11) is 0. The van der Waals surface area contributed by atoms with Gasteiger partial charge in [0.1, 0.15) is 12.0 Å². The van der Waals surface area contributed by atoms with Crippen molar-refractivity contribution in [2.24, 2.45) is 0 Å². The van der Waals surface area contributed by atoms with Crippen LogP contribution in [0.1, 0.15) is 22.3 Å². The number of nitrogens with one attached hydrogen (secondary N) is 1. The van der Waals surface area contributed by atoms with Gasteiger partial charge in [-0.2, -0.15) is 0 Å². The smallest absolute Gasteiger partial charge is 0.257 e. The Morgan fingerprint density at radius 3 is 3.11 bits per heavy atom. The molecule has 0 unspecified atom stereocenters. The zero-order valence-corrected chi connectivity index (χ0v) is 9.96. The lowest BCUT2D eigenvalue weighted by Crippen LogP contribution is -2.13. The molecule has 0 aromatic carbocycles. The van der Waals surface area contributed by atoms with Crippen LogP contribution in [0.3, 0.4) is 0 Å². The minimum atomic E-state index is -0.320. The Kier molecular flexibility index (Phi) is 4.26. The summed E-state index contributed by atoms with van der Waals surface area (Å²) < 4.78 is 4.63. The van der Waals surface area contributed by atoms with Crippen molar-refractivity contribution in [3.63, 3.8) is 0 Å². The maximum atomic E-state index is 12.0. The van der Waals surface area contributed by atoms with Crippen molar-refractivity contribution < 1.29 is 14.4 Å². The van der Waals surface area contributed by atoms with Crippen molar-refractivity contribution in [3.8, 4) is 11.8 Å². The number of amides is 1. The third-order valence-corrected chi connectivity index (χ3v) is 2.22. The van der Waals surface area contributed by atoms with Crippen LogP contribution in [0, 0.1) is 11.8 Å². The number of aliphatic hydroxyl groups is 1. The summed E-state index contributed by atoms with van der Waals surface area (Å²) in [6.45, 7) is -0.0184. The summed E-state index contributed by atoms with van der Waals surface area (Å²) in [6, 6.07) is 1.58. The predicted octanol–water partition coefficient (Wildman–Crippen LogP) is 1.06. The van der Waals surface area contributed by atoms with E-state index in [4.69, 9.17) is 5.11 Å². The van der Waals surface area contributed by atoms with Gasteiger partial charge in [-0.3, -0.25) is 9.78 Å². The highest BCUT2D eigenvalue weighted by Gasteiger charge is 2.11. The number of rotatable bonds is 3. The first-order valence-electron chi connectivity index (χ1n) is 5.55. The minimum Gasteiger partial charge on any atom is -0.395 e. The molecule has 19 heavy (non-hydrogen) atoms. The van der Waals surface area contributed by atoms with Crippen molar-refractivity contribution in [3.05, 3.63) is 42.0 Å². The molecule has 2 heterocycles.